The zero-order valence-corrected chi connectivity index (χ0v) is 8.47. The molecule has 5 heteroatoms. The first-order chi connectivity index (χ1) is 6.24. The number of hydrogen-bond acceptors (Lipinski definition) is 4. The molecule has 0 aromatic carbocycles. The van der Waals surface area contributed by atoms with Crippen molar-refractivity contribution < 1.29 is 14.6 Å². The molecule has 1 rings (SSSR count). The number of likely N-dealkylation sites (N-methyl/N-ethyl adjacent to an activating group) is 1. The van der Waals surface area contributed by atoms with Crippen LogP contribution in [0.2, 0.25) is 0 Å². The van der Waals surface area contributed by atoms with Gasteiger partial charge in [-0.3, -0.25) is 4.79 Å². The molecule has 0 aromatic heterocycles. The Morgan fingerprint density at radius 3 is 2.85 bits per heavy atom. The highest BCUT2D eigenvalue weighted by Crippen LogP contribution is 2.19. The van der Waals surface area contributed by atoms with Crippen LogP contribution in [0.1, 0.15) is 6.42 Å². The summed E-state index contributed by atoms with van der Waals surface area (Å²) in [6.07, 6.45) is 0.674. The van der Waals surface area contributed by atoms with Crippen molar-refractivity contribution in [2.24, 2.45) is 0 Å². The predicted octanol–water partition coefficient (Wildman–Crippen LogP) is 0.181. The minimum atomic E-state index is -0.770. The molecule has 0 aromatic rings. The molecule has 2 N–H and O–H groups in total. The van der Waals surface area contributed by atoms with E-state index in [0.717, 1.165) is 19.0 Å². The Bertz CT molecular complexity index is 173. The van der Waals surface area contributed by atoms with Crippen molar-refractivity contribution in [1.29, 1.82) is 0 Å². The lowest BCUT2D eigenvalue weighted by atomic mass is 10.2. The summed E-state index contributed by atoms with van der Waals surface area (Å²) < 4.78 is 5.01. The first kappa shape index (κ1) is 10.8. The lowest BCUT2D eigenvalue weighted by Gasteiger charge is -2.25. The molecule has 1 unspecified atom stereocenters. The predicted molar refractivity (Wildman–Crippen MR) is 52.2 cm³/mol. The molecule has 1 saturated heterocycles. The van der Waals surface area contributed by atoms with E-state index in [2.05, 4.69) is 5.32 Å². The van der Waals surface area contributed by atoms with Crippen LogP contribution in [0, 0.1) is 0 Å². The van der Waals surface area contributed by atoms with E-state index in [-0.39, 0.29) is 0 Å². The smallest absolute Gasteiger partial charge is 0.320 e. The highest BCUT2D eigenvalue weighted by molar-refractivity contribution is 8.00. The number of ether oxygens (including phenoxy) is 1. The lowest BCUT2D eigenvalue weighted by molar-refractivity contribution is -0.139. The third-order valence-corrected chi connectivity index (χ3v) is 3.23. The molecule has 1 aliphatic heterocycles. The molecular weight excluding hydrogens is 190 g/mol. The Hall–Kier alpha value is -0.260. The molecular formula is C8H15NO3S. The van der Waals surface area contributed by atoms with Gasteiger partial charge in [0.1, 0.15) is 6.04 Å². The van der Waals surface area contributed by atoms with Gasteiger partial charge in [-0.2, -0.15) is 11.8 Å². The Morgan fingerprint density at radius 1 is 1.77 bits per heavy atom. The van der Waals surface area contributed by atoms with E-state index in [1.165, 1.54) is 0 Å². The Balaban J connectivity index is 2.05. The van der Waals surface area contributed by atoms with Gasteiger partial charge in [-0.05, 0) is 19.2 Å². The molecule has 1 atom stereocenters. The molecule has 13 heavy (non-hydrogen) atoms. The standard InChI is InChI=1S/C8H15NO3S/c1-9-7(8(10)11)2-3-13-6-4-12-5-6/h6-7,9H,2-5H2,1H3,(H,10,11). The summed E-state index contributed by atoms with van der Waals surface area (Å²) >= 11 is 1.80. The summed E-state index contributed by atoms with van der Waals surface area (Å²) in [7, 11) is 1.68. The van der Waals surface area contributed by atoms with Crippen LogP contribution in [0.5, 0.6) is 0 Å². The van der Waals surface area contributed by atoms with Crippen molar-refractivity contribution in [2.75, 3.05) is 26.0 Å². The van der Waals surface area contributed by atoms with Gasteiger partial charge in [0.25, 0.3) is 0 Å². The second-order valence-corrected chi connectivity index (χ2v) is 4.41. The minimum Gasteiger partial charge on any atom is -0.480 e. The summed E-state index contributed by atoms with van der Waals surface area (Å²) in [6.45, 7) is 1.64. The number of nitrogens with one attached hydrogen (secondary N) is 1. The van der Waals surface area contributed by atoms with Crippen LogP contribution in [0.25, 0.3) is 0 Å². The fourth-order valence-electron chi connectivity index (χ4n) is 1.05. The molecule has 0 aliphatic carbocycles. The van der Waals surface area contributed by atoms with Crippen LogP contribution in [0.15, 0.2) is 0 Å². The van der Waals surface area contributed by atoms with Gasteiger partial charge >= 0.3 is 5.97 Å². The Kier molecular flexibility index (Phi) is 4.55. The second-order valence-electron chi connectivity index (χ2n) is 3.00. The molecule has 0 radical (unpaired) electrons. The normalized spacial score (nSPS) is 19.5. The topological polar surface area (TPSA) is 58.6 Å². The van der Waals surface area contributed by atoms with Gasteiger partial charge in [-0.1, -0.05) is 0 Å². The van der Waals surface area contributed by atoms with E-state index in [4.69, 9.17) is 9.84 Å². The van der Waals surface area contributed by atoms with Crippen molar-refractivity contribution in [3.05, 3.63) is 0 Å². The van der Waals surface area contributed by atoms with Crippen LogP contribution in [-0.4, -0.2) is 48.4 Å². The van der Waals surface area contributed by atoms with Crippen molar-refractivity contribution in [1.82, 2.24) is 5.32 Å². The average Bonchev–Trinajstić information content (AvgIpc) is 2.00. The van der Waals surface area contributed by atoms with Gasteiger partial charge in [-0.15, -0.1) is 0 Å². The fourth-order valence-corrected chi connectivity index (χ4v) is 2.14. The third-order valence-electron chi connectivity index (χ3n) is 2.01. The molecule has 0 spiro atoms. The van der Waals surface area contributed by atoms with E-state index in [0.29, 0.717) is 11.7 Å². The number of thioether (sulfide) groups is 1. The number of carboxylic acids is 1. The molecule has 0 saturated carbocycles. The van der Waals surface area contributed by atoms with Crippen LogP contribution in [0.4, 0.5) is 0 Å². The largest absolute Gasteiger partial charge is 0.480 e. The van der Waals surface area contributed by atoms with Crippen molar-refractivity contribution in [3.63, 3.8) is 0 Å². The van der Waals surface area contributed by atoms with E-state index < -0.39 is 12.0 Å². The molecule has 4 nitrogen and oxygen atoms in total. The van der Waals surface area contributed by atoms with Gasteiger partial charge in [0.15, 0.2) is 0 Å². The van der Waals surface area contributed by atoms with Crippen LogP contribution >= 0.6 is 11.8 Å². The monoisotopic (exact) mass is 205 g/mol. The number of aliphatic carboxylic acids is 1. The summed E-state index contributed by atoms with van der Waals surface area (Å²) in [5.41, 5.74) is 0. The minimum absolute atomic E-state index is 0.409. The Morgan fingerprint density at radius 2 is 2.46 bits per heavy atom. The quantitative estimate of drug-likeness (QED) is 0.648. The number of rotatable bonds is 6. The SMILES string of the molecule is CNC(CCSC1COC1)C(=O)O. The van der Waals surface area contributed by atoms with Crippen molar-refractivity contribution in [2.45, 2.75) is 17.7 Å². The van der Waals surface area contributed by atoms with E-state index >= 15 is 0 Å². The fraction of sp³-hybridized carbons (Fsp3) is 0.875. The number of carboxylic acid groups (broad SMARTS) is 1. The van der Waals surface area contributed by atoms with E-state index in [9.17, 15) is 4.79 Å². The summed E-state index contributed by atoms with van der Waals surface area (Å²) in [6, 6.07) is -0.409. The van der Waals surface area contributed by atoms with Gasteiger partial charge < -0.3 is 15.2 Å². The number of carbonyl (C=O) groups is 1. The Labute approximate surface area is 82.0 Å². The molecule has 1 heterocycles. The lowest BCUT2D eigenvalue weighted by Crippen LogP contribution is -2.35. The first-order valence-corrected chi connectivity index (χ1v) is 5.38. The summed E-state index contributed by atoms with van der Waals surface area (Å²) in [5, 5.41) is 12.1. The van der Waals surface area contributed by atoms with Gasteiger partial charge in [0.05, 0.1) is 18.5 Å². The first-order valence-electron chi connectivity index (χ1n) is 4.33. The van der Waals surface area contributed by atoms with Crippen molar-refractivity contribution in [3.8, 4) is 0 Å². The molecule has 0 bridgehead atoms. The summed E-state index contributed by atoms with van der Waals surface area (Å²) in [4.78, 5) is 10.6. The van der Waals surface area contributed by atoms with Gasteiger partial charge in [0, 0.05) is 0 Å². The molecule has 1 aliphatic rings. The van der Waals surface area contributed by atoms with E-state index in [1.54, 1.807) is 18.8 Å². The van der Waals surface area contributed by atoms with Crippen LogP contribution in [-0.2, 0) is 9.53 Å². The second kappa shape index (κ2) is 5.47. The average molecular weight is 205 g/mol. The maximum Gasteiger partial charge on any atom is 0.320 e. The number of hydrogen-bond donors (Lipinski definition) is 2. The zero-order chi connectivity index (χ0) is 9.68. The highest BCUT2D eigenvalue weighted by atomic mass is 32.2. The molecule has 0 amide bonds. The van der Waals surface area contributed by atoms with Gasteiger partial charge in [-0.25, -0.2) is 0 Å². The molecule has 1 fully saturated rings. The maximum absolute atomic E-state index is 10.6. The maximum atomic E-state index is 10.6. The molecule has 76 valence electrons. The zero-order valence-electron chi connectivity index (χ0n) is 7.66. The van der Waals surface area contributed by atoms with Gasteiger partial charge in [0.2, 0.25) is 0 Å². The third kappa shape index (κ3) is 3.54. The van der Waals surface area contributed by atoms with E-state index in [1.807, 2.05) is 0 Å². The highest BCUT2D eigenvalue weighted by Gasteiger charge is 2.20. The summed E-state index contributed by atoms with van der Waals surface area (Å²) in [5.74, 6) is 0.110. The van der Waals surface area contributed by atoms with Crippen molar-refractivity contribution >= 4 is 17.7 Å². The van der Waals surface area contributed by atoms with Crippen LogP contribution < -0.4 is 5.32 Å². The van der Waals surface area contributed by atoms with Crippen LogP contribution in [0.3, 0.4) is 0 Å².